The van der Waals surface area contributed by atoms with Crippen molar-refractivity contribution >= 4 is 11.8 Å². The number of carbonyl (C=O) groups excluding carboxylic acids is 2. The van der Waals surface area contributed by atoms with Crippen LogP contribution in [-0.2, 0) is 4.79 Å². The lowest BCUT2D eigenvalue weighted by Gasteiger charge is -2.25. The lowest BCUT2D eigenvalue weighted by Crippen LogP contribution is -2.47. The molecule has 0 radical (unpaired) electrons. The molecule has 1 fully saturated rings. The molecule has 1 aliphatic heterocycles. The average Bonchev–Trinajstić information content (AvgIpc) is 2.87. The molecule has 0 saturated carbocycles. The number of amides is 2. The van der Waals surface area contributed by atoms with E-state index in [1.165, 1.54) is 0 Å². The van der Waals surface area contributed by atoms with Crippen LogP contribution < -0.4 is 5.32 Å². The third kappa shape index (κ3) is 3.18. The Hall–Kier alpha value is -1.84. The molecule has 1 aromatic carbocycles. The van der Waals surface area contributed by atoms with Crippen molar-refractivity contribution in [2.75, 3.05) is 6.54 Å². The van der Waals surface area contributed by atoms with Crippen LogP contribution in [0.3, 0.4) is 0 Å². The van der Waals surface area contributed by atoms with Crippen LogP contribution in [0.5, 0.6) is 0 Å². The summed E-state index contributed by atoms with van der Waals surface area (Å²) in [4.78, 5) is 26.4. The molecule has 2 rings (SSSR count). The largest absolute Gasteiger partial charge is 0.352 e. The van der Waals surface area contributed by atoms with Crippen molar-refractivity contribution in [3.8, 4) is 0 Å². The molecule has 0 aromatic heterocycles. The maximum Gasteiger partial charge on any atom is 0.254 e. The van der Waals surface area contributed by atoms with Gasteiger partial charge in [0.1, 0.15) is 6.04 Å². The first-order valence-corrected chi connectivity index (χ1v) is 7.17. The molecule has 1 N–H and O–H groups in total. The fourth-order valence-corrected chi connectivity index (χ4v) is 2.53. The normalized spacial score (nSPS) is 18.4. The standard InChI is InChI=1S/C16H22N2O2/c1-11(2)17-15(19)14-5-4-10-18(14)16(20)13-8-6-12(3)7-9-13/h6-9,11,14H,4-5,10H2,1-3H3,(H,17,19)/t14-/m0/s1. The Morgan fingerprint density at radius 2 is 1.90 bits per heavy atom. The number of nitrogens with one attached hydrogen (secondary N) is 1. The zero-order valence-electron chi connectivity index (χ0n) is 12.3. The van der Waals surface area contributed by atoms with Crippen molar-refractivity contribution in [2.45, 2.75) is 45.7 Å². The van der Waals surface area contributed by atoms with Gasteiger partial charge in [0.25, 0.3) is 5.91 Å². The number of aryl methyl sites for hydroxylation is 1. The summed E-state index contributed by atoms with van der Waals surface area (Å²) in [6.45, 7) is 6.50. The molecular weight excluding hydrogens is 252 g/mol. The van der Waals surface area contributed by atoms with Crippen molar-refractivity contribution in [1.82, 2.24) is 10.2 Å². The van der Waals surface area contributed by atoms with E-state index >= 15 is 0 Å². The van der Waals surface area contributed by atoms with Crippen LogP contribution in [-0.4, -0.2) is 35.3 Å². The zero-order valence-corrected chi connectivity index (χ0v) is 12.3. The van der Waals surface area contributed by atoms with E-state index in [2.05, 4.69) is 5.32 Å². The predicted molar refractivity (Wildman–Crippen MR) is 78.5 cm³/mol. The van der Waals surface area contributed by atoms with Gasteiger partial charge in [0.15, 0.2) is 0 Å². The molecule has 4 nitrogen and oxygen atoms in total. The number of nitrogens with zero attached hydrogens (tertiary/aromatic N) is 1. The molecule has 1 aliphatic rings. The van der Waals surface area contributed by atoms with E-state index in [9.17, 15) is 9.59 Å². The van der Waals surface area contributed by atoms with Gasteiger partial charge in [0, 0.05) is 18.2 Å². The van der Waals surface area contributed by atoms with E-state index < -0.39 is 0 Å². The fraction of sp³-hybridized carbons (Fsp3) is 0.500. The van der Waals surface area contributed by atoms with Crippen molar-refractivity contribution in [3.05, 3.63) is 35.4 Å². The maximum absolute atomic E-state index is 12.5. The van der Waals surface area contributed by atoms with Crippen LogP contribution in [0, 0.1) is 6.92 Å². The molecular formula is C16H22N2O2. The molecule has 108 valence electrons. The van der Waals surface area contributed by atoms with Crippen LogP contribution in [0.15, 0.2) is 24.3 Å². The monoisotopic (exact) mass is 274 g/mol. The quantitative estimate of drug-likeness (QED) is 0.918. The van der Waals surface area contributed by atoms with Crippen molar-refractivity contribution in [3.63, 3.8) is 0 Å². The molecule has 1 aromatic rings. The summed E-state index contributed by atoms with van der Waals surface area (Å²) < 4.78 is 0. The molecule has 0 aliphatic carbocycles. The Kier molecular flexibility index (Phi) is 4.42. The van der Waals surface area contributed by atoms with Gasteiger partial charge < -0.3 is 10.2 Å². The number of benzene rings is 1. The smallest absolute Gasteiger partial charge is 0.254 e. The summed E-state index contributed by atoms with van der Waals surface area (Å²) in [6, 6.07) is 7.27. The minimum Gasteiger partial charge on any atom is -0.352 e. The van der Waals surface area contributed by atoms with Crippen molar-refractivity contribution in [1.29, 1.82) is 0 Å². The van der Waals surface area contributed by atoms with E-state index in [-0.39, 0.29) is 23.9 Å². The second-order valence-corrected chi connectivity index (χ2v) is 5.69. The Bertz CT molecular complexity index is 494. The number of hydrogen-bond acceptors (Lipinski definition) is 2. The number of rotatable bonds is 3. The van der Waals surface area contributed by atoms with E-state index in [4.69, 9.17) is 0 Å². The summed E-state index contributed by atoms with van der Waals surface area (Å²) >= 11 is 0. The first-order valence-electron chi connectivity index (χ1n) is 7.17. The average molecular weight is 274 g/mol. The molecule has 0 bridgehead atoms. The Morgan fingerprint density at radius 1 is 1.25 bits per heavy atom. The van der Waals surface area contributed by atoms with Crippen LogP contribution in [0.1, 0.15) is 42.6 Å². The van der Waals surface area contributed by atoms with Gasteiger partial charge >= 0.3 is 0 Å². The first-order chi connectivity index (χ1) is 9.49. The van der Waals surface area contributed by atoms with Crippen molar-refractivity contribution in [2.24, 2.45) is 0 Å². The molecule has 1 saturated heterocycles. The minimum absolute atomic E-state index is 0.0436. The second-order valence-electron chi connectivity index (χ2n) is 5.69. The summed E-state index contributed by atoms with van der Waals surface area (Å²) in [5, 5.41) is 2.90. The Labute approximate surface area is 120 Å². The summed E-state index contributed by atoms with van der Waals surface area (Å²) in [5.74, 6) is -0.0932. The van der Waals surface area contributed by atoms with Gasteiger partial charge in [-0.15, -0.1) is 0 Å². The topological polar surface area (TPSA) is 49.4 Å². The van der Waals surface area contributed by atoms with Gasteiger partial charge in [0.2, 0.25) is 5.91 Å². The Balaban J connectivity index is 2.12. The molecule has 20 heavy (non-hydrogen) atoms. The van der Waals surface area contributed by atoms with Crippen LogP contribution in [0.4, 0.5) is 0 Å². The van der Waals surface area contributed by atoms with Crippen LogP contribution in [0.25, 0.3) is 0 Å². The minimum atomic E-state index is -0.328. The molecule has 2 amide bonds. The van der Waals surface area contributed by atoms with E-state index in [1.54, 1.807) is 4.90 Å². The van der Waals surface area contributed by atoms with Gasteiger partial charge in [-0.2, -0.15) is 0 Å². The van der Waals surface area contributed by atoms with Crippen LogP contribution in [0.2, 0.25) is 0 Å². The van der Waals surface area contributed by atoms with Gasteiger partial charge in [-0.3, -0.25) is 9.59 Å². The summed E-state index contributed by atoms with van der Waals surface area (Å²) in [6.07, 6.45) is 1.63. The highest BCUT2D eigenvalue weighted by Crippen LogP contribution is 2.20. The predicted octanol–water partition coefficient (Wildman–Crippen LogP) is 2.12. The third-order valence-electron chi connectivity index (χ3n) is 3.55. The molecule has 1 heterocycles. The van der Waals surface area contributed by atoms with Gasteiger partial charge in [-0.05, 0) is 45.7 Å². The molecule has 0 spiro atoms. The summed E-state index contributed by atoms with van der Waals surface area (Å²) in [5.41, 5.74) is 1.77. The van der Waals surface area contributed by atoms with E-state index in [1.807, 2.05) is 45.0 Å². The van der Waals surface area contributed by atoms with Crippen molar-refractivity contribution < 1.29 is 9.59 Å². The highest BCUT2D eigenvalue weighted by Gasteiger charge is 2.34. The highest BCUT2D eigenvalue weighted by molar-refractivity contribution is 5.98. The molecule has 0 unspecified atom stereocenters. The number of likely N-dealkylation sites (tertiary alicyclic amines) is 1. The fourth-order valence-electron chi connectivity index (χ4n) is 2.53. The Morgan fingerprint density at radius 3 is 2.50 bits per heavy atom. The third-order valence-corrected chi connectivity index (χ3v) is 3.55. The van der Waals surface area contributed by atoms with Crippen LogP contribution >= 0.6 is 0 Å². The maximum atomic E-state index is 12.5. The SMILES string of the molecule is Cc1ccc(C(=O)N2CCC[C@H]2C(=O)NC(C)C)cc1. The van der Waals surface area contributed by atoms with Gasteiger partial charge in [0.05, 0.1) is 0 Å². The van der Waals surface area contributed by atoms with Gasteiger partial charge in [-0.1, -0.05) is 17.7 Å². The van der Waals surface area contributed by atoms with E-state index in [0.717, 1.165) is 18.4 Å². The van der Waals surface area contributed by atoms with E-state index in [0.29, 0.717) is 12.1 Å². The lowest BCUT2D eigenvalue weighted by molar-refractivity contribution is -0.125. The van der Waals surface area contributed by atoms with Gasteiger partial charge in [-0.25, -0.2) is 0 Å². The molecule has 4 heteroatoms. The summed E-state index contributed by atoms with van der Waals surface area (Å²) in [7, 11) is 0. The number of carbonyl (C=O) groups is 2. The number of hydrogen-bond donors (Lipinski definition) is 1. The molecule has 1 atom stereocenters. The lowest BCUT2D eigenvalue weighted by atomic mass is 10.1. The second kappa shape index (κ2) is 6.07. The highest BCUT2D eigenvalue weighted by atomic mass is 16.2. The zero-order chi connectivity index (χ0) is 14.7. The first kappa shape index (κ1) is 14.6.